The Morgan fingerprint density at radius 1 is 1.37 bits per heavy atom. The van der Waals surface area contributed by atoms with Crippen LogP contribution in [0, 0.1) is 11.6 Å². The molecule has 0 bridgehead atoms. The molecule has 2 N–H and O–H groups in total. The van der Waals surface area contributed by atoms with Crippen molar-refractivity contribution in [1.29, 1.82) is 0 Å². The molecule has 6 nitrogen and oxygen atoms in total. The van der Waals surface area contributed by atoms with Gasteiger partial charge in [0.25, 0.3) is 0 Å². The van der Waals surface area contributed by atoms with Crippen LogP contribution >= 0.6 is 0 Å². The quantitative estimate of drug-likeness (QED) is 0.393. The molecule has 0 aliphatic carbocycles. The number of allylic oxidation sites excluding steroid dienone is 4. The number of nitrogens with zero attached hydrogens (tertiary/aromatic N) is 2. The van der Waals surface area contributed by atoms with Crippen molar-refractivity contribution in [3.63, 3.8) is 0 Å². The number of benzene rings is 1. The van der Waals surface area contributed by atoms with Gasteiger partial charge in [0, 0.05) is 47.2 Å². The molecule has 0 spiro atoms. The van der Waals surface area contributed by atoms with E-state index in [0.717, 1.165) is 24.1 Å². The minimum Gasteiger partial charge on any atom is -0.597 e. The van der Waals surface area contributed by atoms with Crippen molar-refractivity contribution < 1.29 is 18.1 Å². The number of hydrogen-bond donors (Lipinski definition) is 2. The summed E-state index contributed by atoms with van der Waals surface area (Å²) < 4.78 is 51.2. The Hall–Kier alpha value is -2.30. The van der Waals surface area contributed by atoms with Crippen molar-refractivity contribution in [2.45, 2.75) is 56.6 Å². The standard InChI is InChI=1S/C26H32F2N4O2S/c1-4-6-7-19(5-2)25-9-8-18(3)32(35(25)33)15-20-12-24(28)22(13-23(20)27)26(16-34-17-26)29-14-21-10-11-30-31-21/h4-7,10-13,18,25,29H,2,8-9,14-17H2,1,3H3,(H,30,31)/b6-4-,19-7+/t18-,25+,35?/m0/s1. The van der Waals surface area contributed by atoms with Crippen molar-refractivity contribution >= 4 is 11.4 Å². The van der Waals surface area contributed by atoms with E-state index in [1.54, 1.807) is 16.6 Å². The number of hydrogen-bond acceptors (Lipinski definition) is 5. The van der Waals surface area contributed by atoms with Crippen LogP contribution in [-0.4, -0.2) is 43.6 Å². The van der Waals surface area contributed by atoms with Crippen molar-refractivity contribution in [3.8, 4) is 0 Å². The van der Waals surface area contributed by atoms with Gasteiger partial charge in [-0.05, 0) is 38.5 Å². The third kappa shape index (κ3) is 5.44. The van der Waals surface area contributed by atoms with Gasteiger partial charge in [0.2, 0.25) is 0 Å². The molecular formula is C26H32F2N4O2S. The summed E-state index contributed by atoms with van der Waals surface area (Å²) in [6, 6.07) is 4.28. The molecular weight excluding hydrogens is 470 g/mol. The molecule has 3 heterocycles. The lowest BCUT2D eigenvalue weighted by molar-refractivity contribution is -0.0814. The van der Waals surface area contributed by atoms with Gasteiger partial charge < -0.3 is 9.29 Å². The average Bonchev–Trinajstić information content (AvgIpc) is 3.34. The molecule has 3 atom stereocenters. The first-order valence-electron chi connectivity index (χ1n) is 11.8. The summed E-state index contributed by atoms with van der Waals surface area (Å²) in [5, 5.41) is 9.90. The average molecular weight is 503 g/mol. The monoisotopic (exact) mass is 502 g/mol. The first-order valence-corrected chi connectivity index (χ1v) is 13.0. The van der Waals surface area contributed by atoms with Gasteiger partial charge in [0.1, 0.15) is 11.6 Å². The van der Waals surface area contributed by atoms with E-state index >= 15 is 8.78 Å². The lowest BCUT2D eigenvalue weighted by atomic mass is 9.86. The highest BCUT2D eigenvalue weighted by atomic mass is 32.2. The summed E-state index contributed by atoms with van der Waals surface area (Å²) in [6.45, 7) is 8.69. The highest BCUT2D eigenvalue weighted by Crippen LogP contribution is 2.36. The second-order valence-corrected chi connectivity index (χ2v) is 10.7. The maximum Gasteiger partial charge on any atom is 0.160 e. The summed E-state index contributed by atoms with van der Waals surface area (Å²) in [6.07, 6.45) is 10.7. The topological polar surface area (TPSA) is 76.2 Å². The van der Waals surface area contributed by atoms with Crippen LogP contribution in [0.5, 0.6) is 0 Å². The SMILES string of the molecule is C=C/C(=C\C=C/C)[C@H]1CC[C@H](C)N(Cc2cc(F)c(C3(NCc4cc[nH]n4)COC3)cc2F)[S+]1[O-]. The van der Waals surface area contributed by atoms with Gasteiger partial charge in [-0.3, -0.25) is 10.4 Å². The summed E-state index contributed by atoms with van der Waals surface area (Å²) >= 11 is -1.40. The normalized spacial score (nSPS) is 25.1. The van der Waals surface area contributed by atoms with Crippen LogP contribution in [0.1, 0.15) is 43.5 Å². The van der Waals surface area contributed by atoms with Gasteiger partial charge in [-0.2, -0.15) is 5.10 Å². The molecule has 0 saturated carbocycles. The Labute approximate surface area is 208 Å². The van der Waals surface area contributed by atoms with Crippen LogP contribution in [-0.2, 0) is 34.7 Å². The van der Waals surface area contributed by atoms with E-state index < -0.39 is 28.5 Å². The highest BCUT2D eigenvalue weighted by Gasteiger charge is 2.44. The van der Waals surface area contributed by atoms with Crippen LogP contribution in [0.15, 0.2) is 60.9 Å². The van der Waals surface area contributed by atoms with Crippen molar-refractivity contribution in [2.24, 2.45) is 0 Å². The smallest absolute Gasteiger partial charge is 0.160 e. The molecule has 2 fully saturated rings. The van der Waals surface area contributed by atoms with Crippen molar-refractivity contribution in [1.82, 2.24) is 19.8 Å². The minimum atomic E-state index is -1.40. The van der Waals surface area contributed by atoms with E-state index in [1.807, 2.05) is 38.1 Å². The second kappa shape index (κ2) is 11.2. The van der Waals surface area contributed by atoms with Gasteiger partial charge in [0.05, 0.1) is 37.0 Å². The third-order valence-corrected chi connectivity index (χ3v) is 8.69. The molecule has 2 saturated heterocycles. The van der Waals surface area contributed by atoms with Crippen LogP contribution in [0.3, 0.4) is 0 Å². The van der Waals surface area contributed by atoms with Crippen LogP contribution < -0.4 is 5.32 Å². The molecule has 1 unspecified atom stereocenters. The Balaban J connectivity index is 1.54. The lowest BCUT2D eigenvalue weighted by Crippen LogP contribution is -2.57. The molecule has 4 rings (SSSR count). The number of nitrogens with one attached hydrogen (secondary N) is 2. The molecule has 1 aromatic heterocycles. The van der Waals surface area contributed by atoms with E-state index in [0.29, 0.717) is 6.54 Å². The Kier molecular flexibility index (Phi) is 8.23. The van der Waals surface area contributed by atoms with Gasteiger partial charge in [-0.1, -0.05) is 30.9 Å². The van der Waals surface area contributed by atoms with E-state index in [-0.39, 0.29) is 42.2 Å². The molecule has 2 aliphatic rings. The zero-order valence-corrected chi connectivity index (χ0v) is 20.9. The first kappa shape index (κ1) is 25.8. The third-order valence-electron chi connectivity index (χ3n) is 6.74. The molecule has 1 aromatic carbocycles. The summed E-state index contributed by atoms with van der Waals surface area (Å²) in [4.78, 5) is 0. The molecule has 0 radical (unpaired) electrons. The zero-order chi connectivity index (χ0) is 25.0. The number of aromatic amines is 1. The van der Waals surface area contributed by atoms with Crippen LogP contribution in [0.4, 0.5) is 8.78 Å². The molecule has 0 amide bonds. The number of halogens is 2. The first-order chi connectivity index (χ1) is 16.9. The largest absolute Gasteiger partial charge is 0.597 e. The van der Waals surface area contributed by atoms with E-state index in [4.69, 9.17) is 4.74 Å². The highest BCUT2D eigenvalue weighted by molar-refractivity contribution is 7.90. The molecule has 2 aromatic rings. The van der Waals surface area contributed by atoms with E-state index in [1.165, 1.54) is 12.1 Å². The van der Waals surface area contributed by atoms with E-state index in [2.05, 4.69) is 22.1 Å². The van der Waals surface area contributed by atoms with Gasteiger partial charge in [0.15, 0.2) is 5.25 Å². The van der Waals surface area contributed by atoms with Gasteiger partial charge >= 0.3 is 0 Å². The summed E-state index contributed by atoms with van der Waals surface area (Å²) in [7, 11) is 0. The maximum absolute atomic E-state index is 15.4. The lowest BCUT2D eigenvalue weighted by Gasteiger charge is -2.43. The molecule has 9 heteroatoms. The maximum atomic E-state index is 15.4. The van der Waals surface area contributed by atoms with Crippen LogP contribution in [0.2, 0.25) is 0 Å². The fourth-order valence-electron chi connectivity index (χ4n) is 4.55. The summed E-state index contributed by atoms with van der Waals surface area (Å²) in [5.41, 5.74) is 1.26. The van der Waals surface area contributed by atoms with E-state index in [9.17, 15) is 4.55 Å². The Morgan fingerprint density at radius 2 is 2.17 bits per heavy atom. The predicted octanol–water partition coefficient (Wildman–Crippen LogP) is 4.41. The van der Waals surface area contributed by atoms with Crippen molar-refractivity contribution in [3.05, 3.63) is 89.3 Å². The summed E-state index contributed by atoms with van der Waals surface area (Å²) in [5.74, 6) is -1.03. The number of rotatable bonds is 9. The fraction of sp³-hybridized carbons (Fsp3) is 0.423. The zero-order valence-electron chi connectivity index (χ0n) is 20.1. The number of aromatic nitrogens is 2. The minimum absolute atomic E-state index is 0.0242. The van der Waals surface area contributed by atoms with Gasteiger partial charge in [-0.25, -0.2) is 8.78 Å². The predicted molar refractivity (Wildman–Crippen MR) is 134 cm³/mol. The second-order valence-electron chi connectivity index (χ2n) is 9.08. The Bertz CT molecular complexity index is 1090. The van der Waals surface area contributed by atoms with Crippen LogP contribution in [0.25, 0.3) is 0 Å². The van der Waals surface area contributed by atoms with Gasteiger partial charge in [-0.15, -0.1) is 4.31 Å². The van der Waals surface area contributed by atoms with Crippen molar-refractivity contribution in [2.75, 3.05) is 13.2 Å². The number of ether oxygens (including phenoxy) is 1. The number of H-pyrrole nitrogens is 1. The fourth-order valence-corrected chi connectivity index (χ4v) is 6.35. The molecule has 2 aliphatic heterocycles. The molecule has 188 valence electrons. The molecule has 35 heavy (non-hydrogen) atoms. The Morgan fingerprint density at radius 3 is 2.80 bits per heavy atom.